The molecule has 1 aromatic carbocycles. The van der Waals surface area contributed by atoms with E-state index in [1.807, 2.05) is 6.07 Å². The summed E-state index contributed by atoms with van der Waals surface area (Å²) >= 11 is 0. The third-order valence-electron chi connectivity index (χ3n) is 2.61. The molecule has 0 N–H and O–H groups in total. The molecule has 0 amide bonds. The van der Waals surface area contributed by atoms with Crippen molar-refractivity contribution in [2.24, 2.45) is 5.92 Å². The second-order valence-electron chi connectivity index (χ2n) is 3.90. The van der Waals surface area contributed by atoms with Gasteiger partial charge in [-0.25, -0.2) is 0 Å². The van der Waals surface area contributed by atoms with Gasteiger partial charge in [0.1, 0.15) is 5.92 Å². The molecule has 20 heavy (non-hydrogen) atoms. The number of carbonyl (C=O) groups excluding carboxylic acids is 1. The Morgan fingerprint density at radius 3 is 2.75 bits per heavy atom. The predicted molar refractivity (Wildman–Crippen MR) is 69.1 cm³/mol. The molecule has 0 aromatic heterocycles. The molecule has 0 aliphatic carbocycles. The molecule has 0 radical (unpaired) electrons. The van der Waals surface area contributed by atoms with E-state index in [0.717, 1.165) is 0 Å². The minimum absolute atomic E-state index is 0.0557. The lowest BCUT2D eigenvalue weighted by molar-refractivity contribution is -0.385. The summed E-state index contributed by atoms with van der Waals surface area (Å²) in [6.45, 7) is 1.82. The van der Waals surface area contributed by atoms with Crippen molar-refractivity contribution in [2.75, 3.05) is 13.7 Å². The number of ether oxygens (including phenoxy) is 2. The highest BCUT2D eigenvalue weighted by molar-refractivity contribution is 5.75. The van der Waals surface area contributed by atoms with Crippen LogP contribution in [0.1, 0.15) is 12.5 Å². The SMILES string of the molecule is CCOC(=O)C(C#N)Cc1ccc(OC)c([N+](=O)[O-])c1. The van der Waals surface area contributed by atoms with Crippen LogP contribution in [-0.2, 0) is 16.0 Å². The highest BCUT2D eigenvalue weighted by Crippen LogP contribution is 2.28. The van der Waals surface area contributed by atoms with Gasteiger partial charge in [-0.05, 0) is 25.0 Å². The van der Waals surface area contributed by atoms with Gasteiger partial charge in [-0.15, -0.1) is 0 Å². The van der Waals surface area contributed by atoms with Crippen molar-refractivity contribution in [2.45, 2.75) is 13.3 Å². The zero-order chi connectivity index (χ0) is 15.1. The van der Waals surface area contributed by atoms with E-state index < -0.39 is 16.8 Å². The van der Waals surface area contributed by atoms with Gasteiger partial charge in [-0.2, -0.15) is 5.26 Å². The normalized spacial score (nSPS) is 11.2. The fraction of sp³-hybridized carbons (Fsp3) is 0.385. The van der Waals surface area contributed by atoms with Crippen LogP contribution < -0.4 is 4.74 Å². The Bertz CT molecular complexity index is 550. The summed E-state index contributed by atoms with van der Waals surface area (Å²) in [5.41, 5.74) is 0.294. The van der Waals surface area contributed by atoms with Crippen LogP contribution in [0.4, 0.5) is 5.69 Å². The van der Waals surface area contributed by atoms with Crippen LogP contribution in [0.2, 0.25) is 0 Å². The highest BCUT2D eigenvalue weighted by Gasteiger charge is 2.22. The number of rotatable bonds is 6. The Morgan fingerprint density at radius 1 is 1.55 bits per heavy atom. The Balaban J connectivity index is 2.98. The third kappa shape index (κ3) is 3.68. The van der Waals surface area contributed by atoms with E-state index in [0.29, 0.717) is 5.56 Å². The summed E-state index contributed by atoms with van der Waals surface area (Å²) in [6.07, 6.45) is 0.0557. The molecule has 0 bridgehead atoms. The Kier molecular flexibility index (Phi) is 5.47. The fourth-order valence-corrected chi connectivity index (χ4v) is 1.67. The topological polar surface area (TPSA) is 102 Å². The van der Waals surface area contributed by atoms with Gasteiger partial charge in [0.25, 0.3) is 0 Å². The summed E-state index contributed by atoms with van der Waals surface area (Å²) < 4.78 is 9.65. The molecule has 0 heterocycles. The van der Waals surface area contributed by atoms with Crippen LogP contribution in [0, 0.1) is 27.4 Å². The number of nitrogens with zero attached hydrogens (tertiary/aromatic N) is 2. The van der Waals surface area contributed by atoms with Gasteiger partial charge in [-0.1, -0.05) is 6.07 Å². The predicted octanol–water partition coefficient (Wildman–Crippen LogP) is 1.85. The number of nitro benzene ring substituents is 1. The molecule has 1 rings (SSSR count). The van der Waals surface area contributed by atoms with Gasteiger partial charge in [0.2, 0.25) is 0 Å². The number of carbonyl (C=O) groups is 1. The average molecular weight is 278 g/mol. The van der Waals surface area contributed by atoms with Gasteiger partial charge >= 0.3 is 11.7 Å². The molecule has 0 fully saturated rings. The molecule has 1 aromatic rings. The summed E-state index contributed by atoms with van der Waals surface area (Å²) in [5, 5.41) is 19.8. The number of hydrogen-bond acceptors (Lipinski definition) is 6. The molecule has 0 aliphatic heterocycles. The number of nitriles is 1. The second-order valence-corrected chi connectivity index (χ2v) is 3.90. The fourth-order valence-electron chi connectivity index (χ4n) is 1.67. The molecular formula is C13H14N2O5. The van der Waals surface area contributed by atoms with Gasteiger partial charge in [0, 0.05) is 6.07 Å². The lowest BCUT2D eigenvalue weighted by Crippen LogP contribution is -2.18. The summed E-state index contributed by atoms with van der Waals surface area (Å²) in [6, 6.07) is 6.15. The monoisotopic (exact) mass is 278 g/mol. The third-order valence-corrected chi connectivity index (χ3v) is 2.61. The largest absolute Gasteiger partial charge is 0.490 e. The van der Waals surface area contributed by atoms with Crippen molar-refractivity contribution in [3.05, 3.63) is 33.9 Å². The molecular weight excluding hydrogens is 264 g/mol. The summed E-state index contributed by atoms with van der Waals surface area (Å²) in [5.74, 6) is -1.49. The highest BCUT2D eigenvalue weighted by atomic mass is 16.6. The smallest absolute Gasteiger partial charge is 0.323 e. The van der Waals surface area contributed by atoms with Crippen LogP contribution in [0.15, 0.2) is 18.2 Å². The number of methoxy groups -OCH3 is 1. The van der Waals surface area contributed by atoms with Crippen molar-refractivity contribution >= 4 is 11.7 Å². The second kappa shape index (κ2) is 7.09. The minimum atomic E-state index is -0.983. The van der Waals surface area contributed by atoms with Crippen molar-refractivity contribution in [3.63, 3.8) is 0 Å². The number of hydrogen-bond donors (Lipinski definition) is 0. The van der Waals surface area contributed by atoms with Crippen LogP contribution >= 0.6 is 0 Å². The molecule has 0 saturated heterocycles. The maximum absolute atomic E-state index is 11.5. The molecule has 0 spiro atoms. The van der Waals surface area contributed by atoms with E-state index in [-0.39, 0.29) is 24.5 Å². The molecule has 1 atom stereocenters. The van der Waals surface area contributed by atoms with E-state index in [4.69, 9.17) is 14.7 Å². The van der Waals surface area contributed by atoms with Gasteiger partial charge in [0.15, 0.2) is 5.75 Å². The van der Waals surface area contributed by atoms with Crippen molar-refractivity contribution < 1.29 is 19.2 Å². The molecule has 1 unspecified atom stereocenters. The minimum Gasteiger partial charge on any atom is -0.490 e. The number of benzene rings is 1. The summed E-state index contributed by atoms with van der Waals surface area (Å²) in [7, 11) is 1.33. The van der Waals surface area contributed by atoms with E-state index in [1.165, 1.54) is 19.2 Å². The van der Waals surface area contributed by atoms with Crippen molar-refractivity contribution in [3.8, 4) is 11.8 Å². The van der Waals surface area contributed by atoms with Crippen LogP contribution in [0.3, 0.4) is 0 Å². The van der Waals surface area contributed by atoms with Crippen LogP contribution in [0.25, 0.3) is 0 Å². The standard InChI is InChI=1S/C13H14N2O5/c1-3-20-13(16)10(8-14)6-9-4-5-12(19-2)11(7-9)15(17)18/h4-5,7,10H,3,6H2,1-2H3. The Labute approximate surface area is 115 Å². The Hall–Kier alpha value is -2.62. The molecule has 7 nitrogen and oxygen atoms in total. The first kappa shape index (κ1) is 15.4. The van der Waals surface area contributed by atoms with Gasteiger partial charge in [0.05, 0.1) is 24.7 Å². The molecule has 0 aliphatic rings. The zero-order valence-electron chi connectivity index (χ0n) is 11.2. The molecule has 0 saturated carbocycles. The van der Waals surface area contributed by atoms with Crippen LogP contribution in [0.5, 0.6) is 5.75 Å². The van der Waals surface area contributed by atoms with Gasteiger partial charge < -0.3 is 9.47 Å². The van der Waals surface area contributed by atoms with Crippen molar-refractivity contribution in [1.29, 1.82) is 5.26 Å². The lowest BCUT2D eigenvalue weighted by Gasteiger charge is -2.09. The quantitative estimate of drug-likeness (QED) is 0.447. The maximum Gasteiger partial charge on any atom is 0.323 e. The first-order valence-electron chi connectivity index (χ1n) is 5.91. The maximum atomic E-state index is 11.5. The van der Waals surface area contributed by atoms with E-state index >= 15 is 0 Å². The van der Waals surface area contributed by atoms with E-state index in [1.54, 1.807) is 13.0 Å². The van der Waals surface area contributed by atoms with E-state index in [2.05, 4.69) is 0 Å². The zero-order valence-corrected chi connectivity index (χ0v) is 11.2. The Morgan fingerprint density at radius 2 is 2.25 bits per heavy atom. The number of esters is 1. The molecule has 106 valence electrons. The summed E-state index contributed by atoms with van der Waals surface area (Å²) in [4.78, 5) is 21.8. The van der Waals surface area contributed by atoms with Crippen LogP contribution in [-0.4, -0.2) is 24.6 Å². The first-order chi connectivity index (χ1) is 9.53. The van der Waals surface area contributed by atoms with Crippen molar-refractivity contribution in [1.82, 2.24) is 0 Å². The van der Waals surface area contributed by atoms with Gasteiger partial charge in [-0.3, -0.25) is 14.9 Å². The lowest BCUT2D eigenvalue weighted by atomic mass is 10.00. The average Bonchev–Trinajstić information content (AvgIpc) is 2.44. The van der Waals surface area contributed by atoms with E-state index in [9.17, 15) is 14.9 Å². The number of nitro groups is 1. The molecule has 7 heteroatoms. The first-order valence-corrected chi connectivity index (χ1v) is 5.91.